The molecule has 3 nitrogen and oxygen atoms in total. The Kier molecular flexibility index (Phi) is 4.39. The lowest BCUT2D eigenvalue weighted by atomic mass is 10.2. The highest BCUT2D eigenvalue weighted by Gasteiger charge is 2.45. The molecule has 82 valence electrons. The van der Waals surface area contributed by atoms with Crippen molar-refractivity contribution < 1.29 is 32.2 Å². The molecule has 0 rings (SSSR count). The van der Waals surface area contributed by atoms with Crippen LogP contribution in [0, 0.1) is 0 Å². The quantitative estimate of drug-likeness (QED) is 0.338. The van der Waals surface area contributed by atoms with Crippen LogP contribution in [0.1, 0.15) is 6.92 Å². The predicted molar refractivity (Wildman–Crippen MR) is 38.3 cm³/mol. The Morgan fingerprint density at radius 1 is 1.57 bits per heavy atom. The number of aliphatic hydroxyl groups is 1. The summed E-state index contributed by atoms with van der Waals surface area (Å²) in [5.41, 5.74) is 0. The number of carbonyl (C=O) groups is 1. The Balaban J connectivity index is 4.59. The van der Waals surface area contributed by atoms with Crippen LogP contribution < -0.4 is 0 Å². The molecule has 0 atom stereocenters. The molecule has 0 unspecified atom stereocenters. The standard InChI is InChI=1S/C7H8F4O3/c1-2-14-5(13)3-4(12)7(10,11)6(8)9/h3,6,12H,2H2,1H3. The predicted octanol–water partition coefficient (Wildman–Crippen LogP) is 1.89. The fraction of sp³-hybridized carbons (Fsp3) is 0.571. The van der Waals surface area contributed by atoms with Crippen LogP contribution in [-0.4, -0.2) is 30.0 Å². The zero-order valence-electron chi connectivity index (χ0n) is 7.14. The molecule has 0 radical (unpaired) electrons. The van der Waals surface area contributed by atoms with Gasteiger partial charge in [-0.2, -0.15) is 8.78 Å². The van der Waals surface area contributed by atoms with Crippen LogP contribution in [0.25, 0.3) is 0 Å². The van der Waals surface area contributed by atoms with E-state index in [0.29, 0.717) is 0 Å². The normalized spacial score (nSPS) is 13.1. The number of alkyl halides is 4. The first-order chi connectivity index (χ1) is 6.32. The molecule has 0 amide bonds. The van der Waals surface area contributed by atoms with Crippen molar-refractivity contribution >= 4 is 5.97 Å². The van der Waals surface area contributed by atoms with Crippen LogP contribution in [0.2, 0.25) is 0 Å². The van der Waals surface area contributed by atoms with Crippen LogP contribution in [-0.2, 0) is 9.53 Å². The molecule has 7 heteroatoms. The number of hydrogen-bond acceptors (Lipinski definition) is 3. The van der Waals surface area contributed by atoms with E-state index in [1.807, 2.05) is 0 Å². The third kappa shape index (κ3) is 3.23. The Hall–Kier alpha value is -1.27. The summed E-state index contributed by atoms with van der Waals surface area (Å²) in [5, 5.41) is 8.47. The minimum absolute atomic E-state index is 0.0737. The van der Waals surface area contributed by atoms with Crippen LogP contribution in [0.4, 0.5) is 17.6 Å². The molecule has 0 aliphatic carbocycles. The lowest BCUT2D eigenvalue weighted by molar-refractivity contribution is -0.140. The molecule has 0 saturated carbocycles. The van der Waals surface area contributed by atoms with Gasteiger partial charge in [0.1, 0.15) is 0 Å². The van der Waals surface area contributed by atoms with Crippen LogP contribution in [0.15, 0.2) is 11.8 Å². The first kappa shape index (κ1) is 12.7. The van der Waals surface area contributed by atoms with E-state index < -0.39 is 24.1 Å². The fourth-order valence-corrected chi connectivity index (χ4v) is 0.504. The largest absolute Gasteiger partial charge is 0.506 e. The molecule has 0 aromatic heterocycles. The van der Waals surface area contributed by atoms with Gasteiger partial charge in [0.2, 0.25) is 0 Å². The minimum Gasteiger partial charge on any atom is -0.506 e. The van der Waals surface area contributed by atoms with Crippen molar-refractivity contribution in [2.45, 2.75) is 19.3 Å². The SMILES string of the molecule is CCOC(=O)C=C(O)C(F)(F)C(F)F. The fourth-order valence-electron chi connectivity index (χ4n) is 0.504. The van der Waals surface area contributed by atoms with Gasteiger partial charge in [-0.05, 0) is 6.92 Å². The number of rotatable bonds is 4. The van der Waals surface area contributed by atoms with E-state index in [9.17, 15) is 22.4 Å². The van der Waals surface area contributed by atoms with E-state index in [2.05, 4.69) is 4.74 Å². The lowest BCUT2D eigenvalue weighted by Crippen LogP contribution is -2.29. The van der Waals surface area contributed by atoms with Gasteiger partial charge in [0.25, 0.3) is 0 Å². The maximum Gasteiger partial charge on any atom is 0.363 e. The van der Waals surface area contributed by atoms with Gasteiger partial charge in [-0.15, -0.1) is 0 Å². The number of ether oxygens (including phenoxy) is 1. The molecule has 0 saturated heterocycles. The second-order valence-corrected chi connectivity index (χ2v) is 2.21. The Labute approximate surface area is 77.0 Å². The smallest absolute Gasteiger partial charge is 0.363 e. The van der Waals surface area contributed by atoms with Gasteiger partial charge in [-0.25, -0.2) is 13.6 Å². The van der Waals surface area contributed by atoms with Crippen LogP contribution >= 0.6 is 0 Å². The topological polar surface area (TPSA) is 46.5 Å². The molecule has 0 aliphatic heterocycles. The molecular formula is C7H8F4O3. The molecule has 1 N–H and O–H groups in total. The number of halogens is 4. The number of esters is 1. The molecular weight excluding hydrogens is 208 g/mol. The summed E-state index contributed by atoms with van der Waals surface area (Å²) in [7, 11) is 0. The molecule has 0 bridgehead atoms. The second-order valence-electron chi connectivity index (χ2n) is 2.21. The summed E-state index contributed by atoms with van der Waals surface area (Å²) >= 11 is 0. The molecule has 0 aromatic carbocycles. The molecule has 0 aromatic rings. The van der Waals surface area contributed by atoms with E-state index in [4.69, 9.17) is 5.11 Å². The summed E-state index contributed by atoms with van der Waals surface area (Å²) in [6.45, 7) is 1.29. The maximum atomic E-state index is 12.3. The van der Waals surface area contributed by atoms with E-state index in [-0.39, 0.29) is 12.7 Å². The molecule has 0 spiro atoms. The Morgan fingerprint density at radius 2 is 2.07 bits per heavy atom. The molecule has 14 heavy (non-hydrogen) atoms. The highest BCUT2D eigenvalue weighted by atomic mass is 19.3. The van der Waals surface area contributed by atoms with Crippen LogP contribution in [0.5, 0.6) is 0 Å². The third-order valence-electron chi connectivity index (χ3n) is 1.16. The van der Waals surface area contributed by atoms with Gasteiger partial charge < -0.3 is 9.84 Å². The van der Waals surface area contributed by atoms with Crippen molar-refractivity contribution in [2.75, 3.05) is 6.61 Å². The van der Waals surface area contributed by atoms with Gasteiger partial charge in [-0.1, -0.05) is 0 Å². The van der Waals surface area contributed by atoms with Gasteiger partial charge in [0.15, 0.2) is 5.76 Å². The number of aliphatic hydroxyl groups excluding tert-OH is 1. The van der Waals surface area contributed by atoms with Crippen molar-refractivity contribution in [1.29, 1.82) is 0 Å². The van der Waals surface area contributed by atoms with E-state index in [1.54, 1.807) is 0 Å². The monoisotopic (exact) mass is 216 g/mol. The number of allylic oxidation sites excluding steroid dienone is 1. The first-order valence-electron chi connectivity index (χ1n) is 3.56. The Bertz CT molecular complexity index is 237. The van der Waals surface area contributed by atoms with Crippen molar-refractivity contribution in [3.63, 3.8) is 0 Å². The van der Waals surface area contributed by atoms with E-state index in [1.165, 1.54) is 6.92 Å². The number of hydrogen-bond donors (Lipinski definition) is 1. The molecule has 0 fully saturated rings. The van der Waals surface area contributed by atoms with E-state index >= 15 is 0 Å². The van der Waals surface area contributed by atoms with Gasteiger partial charge in [0, 0.05) is 0 Å². The highest BCUT2D eigenvalue weighted by Crippen LogP contribution is 2.29. The maximum absolute atomic E-state index is 12.3. The summed E-state index contributed by atoms with van der Waals surface area (Å²) in [6.07, 6.45) is -4.15. The van der Waals surface area contributed by atoms with Gasteiger partial charge in [0.05, 0.1) is 12.7 Å². The van der Waals surface area contributed by atoms with Gasteiger partial charge in [-0.3, -0.25) is 0 Å². The zero-order chi connectivity index (χ0) is 11.4. The van der Waals surface area contributed by atoms with Crippen molar-refractivity contribution in [2.24, 2.45) is 0 Å². The van der Waals surface area contributed by atoms with Gasteiger partial charge >= 0.3 is 18.3 Å². The van der Waals surface area contributed by atoms with Crippen molar-refractivity contribution in [3.05, 3.63) is 11.8 Å². The summed E-state index contributed by atoms with van der Waals surface area (Å²) in [4.78, 5) is 10.5. The second kappa shape index (κ2) is 4.83. The molecule has 0 heterocycles. The average Bonchev–Trinajstić information content (AvgIpc) is 2.03. The minimum atomic E-state index is -4.73. The highest BCUT2D eigenvalue weighted by molar-refractivity contribution is 5.82. The van der Waals surface area contributed by atoms with Crippen LogP contribution in [0.3, 0.4) is 0 Å². The summed E-state index contributed by atoms with van der Waals surface area (Å²) in [6, 6.07) is 0. The van der Waals surface area contributed by atoms with Crippen molar-refractivity contribution in [1.82, 2.24) is 0 Å². The first-order valence-corrected chi connectivity index (χ1v) is 3.56. The third-order valence-corrected chi connectivity index (χ3v) is 1.16. The van der Waals surface area contributed by atoms with Crippen molar-refractivity contribution in [3.8, 4) is 0 Å². The number of carbonyl (C=O) groups excluding carboxylic acids is 1. The average molecular weight is 216 g/mol. The Morgan fingerprint density at radius 3 is 2.43 bits per heavy atom. The lowest BCUT2D eigenvalue weighted by Gasteiger charge is -2.13. The summed E-state index contributed by atoms with van der Waals surface area (Å²) < 4.78 is 51.9. The zero-order valence-corrected chi connectivity index (χ0v) is 7.14. The van der Waals surface area contributed by atoms with E-state index in [0.717, 1.165) is 0 Å². The molecule has 0 aliphatic rings. The summed E-state index contributed by atoms with van der Waals surface area (Å²) in [5.74, 6) is -8.04.